The first-order chi connectivity index (χ1) is 10.6. The summed E-state index contributed by atoms with van der Waals surface area (Å²) >= 11 is 0. The third-order valence-electron chi connectivity index (χ3n) is 3.57. The van der Waals surface area contributed by atoms with Gasteiger partial charge in [0.25, 0.3) is 0 Å². The van der Waals surface area contributed by atoms with Crippen LogP contribution in [0, 0.1) is 0 Å². The number of carboxylic acid groups (broad SMARTS) is 1. The Hall–Kier alpha value is -2.08. The summed E-state index contributed by atoms with van der Waals surface area (Å²) in [6, 6.07) is 13.4. The number of carbonyl (C=O) groups is 1. The van der Waals surface area contributed by atoms with Crippen molar-refractivity contribution in [2.75, 3.05) is 5.75 Å². The minimum absolute atomic E-state index is 0.245. The Morgan fingerprint density at radius 2 is 1.70 bits per heavy atom. The Morgan fingerprint density at radius 3 is 2.30 bits per heavy atom. The van der Waals surface area contributed by atoms with E-state index in [9.17, 15) is 18.3 Å². The van der Waals surface area contributed by atoms with Crippen LogP contribution in [-0.4, -0.2) is 35.2 Å². The molecule has 5 nitrogen and oxygen atoms in total. The third kappa shape index (κ3) is 3.82. The number of sulfonamides is 1. The molecule has 0 radical (unpaired) electrons. The van der Waals surface area contributed by atoms with Gasteiger partial charge in [-0.05, 0) is 43.5 Å². The first-order valence-corrected chi connectivity index (χ1v) is 8.96. The maximum absolute atomic E-state index is 12.5. The van der Waals surface area contributed by atoms with E-state index >= 15 is 0 Å². The number of hydrogen-bond donors (Lipinski definition) is 1. The Balaban J connectivity index is 2.29. The van der Waals surface area contributed by atoms with Crippen LogP contribution in [0.25, 0.3) is 10.8 Å². The lowest BCUT2D eigenvalue weighted by Gasteiger charge is -2.32. The minimum atomic E-state index is -3.91. The van der Waals surface area contributed by atoms with E-state index in [0.717, 1.165) is 16.3 Å². The van der Waals surface area contributed by atoms with E-state index < -0.39 is 21.7 Å². The van der Waals surface area contributed by atoms with Crippen LogP contribution < -0.4 is 0 Å². The van der Waals surface area contributed by atoms with E-state index in [4.69, 9.17) is 0 Å². The standard InChI is InChI=1S/C17H21NO4S/c1-17(2,3)18(16(19)20)23(21,22)12-11-14-9-6-8-13-7-4-5-10-15(13)14/h4-10H,11-12H2,1-3H3,(H,19,20). The molecule has 0 atom stereocenters. The van der Waals surface area contributed by atoms with Crippen LogP contribution in [-0.2, 0) is 16.4 Å². The molecule has 2 aromatic carbocycles. The molecule has 1 N–H and O–H groups in total. The smallest absolute Gasteiger partial charge is 0.421 e. The van der Waals surface area contributed by atoms with Crippen molar-refractivity contribution in [3.05, 3.63) is 48.0 Å². The zero-order valence-corrected chi connectivity index (χ0v) is 14.3. The Bertz CT molecular complexity index is 817. The molecule has 124 valence electrons. The van der Waals surface area contributed by atoms with Crippen LogP contribution in [0.15, 0.2) is 42.5 Å². The summed E-state index contributed by atoms with van der Waals surface area (Å²) in [7, 11) is -3.91. The number of rotatable bonds is 4. The molecule has 23 heavy (non-hydrogen) atoms. The number of hydrogen-bond acceptors (Lipinski definition) is 3. The lowest BCUT2D eigenvalue weighted by atomic mass is 10.0. The predicted molar refractivity (Wildman–Crippen MR) is 91.1 cm³/mol. The summed E-state index contributed by atoms with van der Waals surface area (Å²) in [6.07, 6.45) is -1.18. The second-order valence-electron chi connectivity index (χ2n) is 6.42. The normalized spacial score (nSPS) is 12.3. The van der Waals surface area contributed by atoms with Crippen LogP contribution in [0.5, 0.6) is 0 Å². The summed E-state index contributed by atoms with van der Waals surface area (Å²) in [5.74, 6) is -0.245. The number of amides is 1. The molecular formula is C17H21NO4S. The van der Waals surface area contributed by atoms with Crippen LogP contribution in [0.2, 0.25) is 0 Å². The number of benzene rings is 2. The summed E-state index contributed by atoms with van der Waals surface area (Å²) in [6.45, 7) is 4.70. The van der Waals surface area contributed by atoms with Crippen LogP contribution in [0.4, 0.5) is 4.79 Å². The van der Waals surface area contributed by atoms with Crippen molar-refractivity contribution in [3.8, 4) is 0 Å². The molecule has 0 aliphatic carbocycles. The topological polar surface area (TPSA) is 74.7 Å². The third-order valence-corrected chi connectivity index (χ3v) is 5.55. The maximum Gasteiger partial charge on any atom is 0.421 e. The maximum atomic E-state index is 12.5. The summed E-state index contributed by atoms with van der Waals surface area (Å²) in [4.78, 5) is 11.4. The van der Waals surface area contributed by atoms with Gasteiger partial charge in [0.2, 0.25) is 10.0 Å². The Labute approximate surface area is 136 Å². The van der Waals surface area contributed by atoms with Gasteiger partial charge in [-0.2, -0.15) is 4.31 Å². The van der Waals surface area contributed by atoms with Gasteiger partial charge in [0, 0.05) is 0 Å². The molecule has 2 rings (SSSR count). The molecule has 0 saturated heterocycles. The van der Waals surface area contributed by atoms with Gasteiger partial charge in [0.15, 0.2) is 0 Å². The van der Waals surface area contributed by atoms with Gasteiger partial charge in [-0.1, -0.05) is 42.5 Å². The zero-order chi connectivity index (χ0) is 17.3. The van der Waals surface area contributed by atoms with Gasteiger partial charge in [0.05, 0.1) is 11.3 Å². The molecule has 0 aliphatic heterocycles. The fourth-order valence-electron chi connectivity index (χ4n) is 2.66. The number of nitrogens with zero attached hydrogens (tertiary/aromatic N) is 1. The second-order valence-corrected chi connectivity index (χ2v) is 8.36. The van der Waals surface area contributed by atoms with E-state index in [1.807, 2.05) is 42.5 Å². The monoisotopic (exact) mass is 335 g/mol. The highest BCUT2D eigenvalue weighted by Crippen LogP contribution is 2.22. The van der Waals surface area contributed by atoms with E-state index in [1.54, 1.807) is 20.8 Å². The molecule has 0 fully saturated rings. The van der Waals surface area contributed by atoms with Gasteiger partial charge in [0.1, 0.15) is 0 Å². The van der Waals surface area contributed by atoms with Crippen molar-refractivity contribution in [1.82, 2.24) is 4.31 Å². The van der Waals surface area contributed by atoms with Crippen molar-refractivity contribution in [3.63, 3.8) is 0 Å². The molecule has 6 heteroatoms. The van der Waals surface area contributed by atoms with Crippen molar-refractivity contribution in [2.45, 2.75) is 32.7 Å². The van der Waals surface area contributed by atoms with Crippen molar-refractivity contribution in [2.24, 2.45) is 0 Å². The average Bonchev–Trinajstić information content (AvgIpc) is 2.42. The largest absolute Gasteiger partial charge is 0.464 e. The van der Waals surface area contributed by atoms with Gasteiger partial charge in [-0.25, -0.2) is 13.2 Å². The molecule has 0 spiro atoms. The molecule has 0 saturated carbocycles. The SMILES string of the molecule is CC(C)(C)N(C(=O)O)S(=O)(=O)CCc1cccc2ccccc12. The van der Waals surface area contributed by atoms with Crippen LogP contribution in [0.3, 0.4) is 0 Å². The number of fused-ring (bicyclic) bond motifs is 1. The van der Waals surface area contributed by atoms with E-state index in [1.165, 1.54) is 0 Å². The minimum Gasteiger partial charge on any atom is -0.464 e. The summed E-state index contributed by atoms with van der Waals surface area (Å²) in [5.41, 5.74) is -0.116. The van der Waals surface area contributed by atoms with Gasteiger partial charge < -0.3 is 5.11 Å². The van der Waals surface area contributed by atoms with Crippen molar-refractivity contribution < 1.29 is 18.3 Å². The molecule has 0 unspecified atom stereocenters. The predicted octanol–water partition coefficient (Wildman–Crippen LogP) is 3.49. The molecular weight excluding hydrogens is 314 g/mol. The molecule has 0 aromatic heterocycles. The lowest BCUT2D eigenvalue weighted by Crippen LogP contribution is -2.49. The van der Waals surface area contributed by atoms with Crippen molar-refractivity contribution >= 4 is 26.9 Å². The molecule has 2 aromatic rings. The highest BCUT2D eigenvalue weighted by atomic mass is 32.2. The Kier molecular flexibility index (Phi) is 4.66. The van der Waals surface area contributed by atoms with Crippen LogP contribution in [0.1, 0.15) is 26.3 Å². The summed E-state index contributed by atoms with van der Waals surface area (Å²) < 4.78 is 25.5. The fourth-order valence-corrected chi connectivity index (χ4v) is 4.40. The second kappa shape index (κ2) is 6.20. The quantitative estimate of drug-likeness (QED) is 0.928. The zero-order valence-electron chi connectivity index (χ0n) is 13.5. The van der Waals surface area contributed by atoms with Gasteiger partial charge in [-0.3, -0.25) is 0 Å². The molecule has 1 amide bonds. The molecule has 0 aliphatic rings. The van der Waals surface area contributed by atoms with Crippen LogP contribution >= 0.6 is 0 Å². The highest BCUT2D eigenvalue weighted by Gasteiger charge is 2.36. The highest BCUT2D eigenvalue weighted by molar-refractivity contribution is 7.89. The summed E-state index contributed by atoms with van der Waals surface area (Å²) in [5, 5.41) is 11.3. The number of aryl methyl sites for hydroxylation is 1. The first kappa shape index (κ1) is 17.3. The fraction of sp³-hybridized carbons (Fsp3) is 0.353. The lowest BCUT2D eigenvalue weighted by molar-refractivity contribution is 0.146. The molecule has 0 heterocycles. The van der Waals surface area contributed by atoms with E-state index in [2.05, 4.69) is 0 Å². The van der Waals surface area contributed by atoms with E-state index in [0.29, 0.717) is 4.31 Å². The van der Waals surface area contributed by atoms with Crippen molar-refractivity contribution in [1.29, 1.82) is 0 Å². The van der Waals surface area contributed by atoms with Gasteiger partial charge in [-0.15, -0.1) is 0 Å². The Morgan fingerprint density at radius 1 is 1.09 bits per heavy atom. The average molecular weight is 335 g/mol. The van der Waals surface area contributed by atoms with Gasteiger partial charge >= 0.3 is 6.09 Å². The first-order valence-electron chi connectivity index (χ1n) is 7.35. The van der Waals surface area contributed by atoms with E-state index in [-0.39, 0.29) is 12.2 Å². The molecule has 0 bridgehead atoms.